The number of carbonyl (C=O) groups is 1. The van der Waals surface area contributed by atoms with Crippen molar-refractivity contribution in [2.75, 3.05) is 6.61 Å². The third kappa shape index (κ3) is 2.96. The van der Waals surface area contributed by atoms with E-state index in [1.165, 1.54) is 12.1 Å². The Morgan fingerprint density at radius 3 is 2.78 bits per heavy atom. The van der Waals surface area contributed by atoms with Gasteiger partial charge in [-0.3, -0.25) is 14.9 Å². The van der Waals surface area contributed by atoms with E-state index >= 15 is 0 Å². The summed E-state index contributed by atoms with van der Waals surface area (Å²) in [6.45, 7) is 1.87. The fourth-order valence-electron chi connectivity index (χ4n) is 1.38. The minimum atomic E-state index is -0.741. The molecule has 0 aliphatic heterocycles. The first-order valence-electron chi connectivity index (χ1n) is 5.02. The Morgan fingerprint density at radius 1 is 1.61 bits per heavy atom. The van der Waals surface area contributed by atoms with Gasteiger partial charge in [0.25, 0.3) is 0 Å². The number of nitrogens with zero attached hydrogens (tertiary/aromatic N) is 2. The van der Waals surface area contributed by atoms with E-state index in [1.807, 2.05) is 0 Å². The molecule has 0 spiro atoms. The molecule has 0 unspecified atom stereocenters. The number of esters is 1. The quantitative estimate of drug-likeness (QED) is 0.474. The maximum absolute atomic E-state index is 11.3. The second-order valence-corrected chi connectivity index (χ2v) is 3.66. The van der Waals surface area contributed by atoms with E-state index in [0.29, 0.717) is 0 Å². The predicted octanol–water partition coefficient (Wildman–Crippen LogP) is 2.23. The van der Waals surface area contributed by atoms with Crippen LogP contribution in [0.4, 0.5) is 5.69 Å². The number of benzene rings is 1. The van der Waals surface area contributed by atoms with Gasteiger partial charge in [0, 0.05) is 0 Å². The van der Waals surface area contributed by atoms with Crippen LogP contribution in [0.3, 0.4) is 0 Å². The van der Waals surface area contributed by atoms with E-state index in [4.69, 9.17) is 21.6 Å². The van der Waals surface area contributed by atoms with E-state index < -0.39 is 16.6 Å². The first-order chi connectivity index (χ1) is 8.51. The topological polar surface area (TPSA) is 93.2 Å². The van der Waals surface area contributed by atoms with Crippen molar-refractivity contribution >= 4 is 23.3 Å². The van der Waals surface area contributed by atoms with Crippen LogP contribution in [0.15, 0.2) is 12.1 Å². The van der Waals surface area contributed by atoms with Crippen LogP contribution in [0, 0.1) is 21.4 Å². The van der Waals surface area contributed by atoms with E-state index in [0.717, 1.165) is 0 Å². The van der Waals surface area contributed by atoms with E-state index in [9.17, 15) is 14.9 Å². The molecule has 0 bridgehead atoms. The van der Waals surface area contributed by atoms with Crippen LogP contribution in [0.5, 0.6) is 0 Å². The van der Waals surface area contributed by atoms with E-state index in [2.05, 4.69) is 0 Å². The Kier molecular flexibility index (Phi) is 4.63. The molecule has 0 aliphatic carbocycles. The average Bonchev–Trinajstić information content (AvgIpc) is 2.31. The summed E-state index contributed by atoms with van der Waals surface area (Å²) in [6, 6.07) is 4.35. The minimum Gasteiger partial charge on any atom is -0.466 e. The van der Waals surface area contributed by atoms with Gasteiger partial charge in [-0.05, 0) is 18.6 Å². The van der Waals surface area contributed by atoms with Crippen LogP contribution in [0.2, 0.25) is 5.02 Å². The number of rotatable bonds is 4. The van der Waals surface area contributed by atoms with Gasteiger partial charge in [0.1, 0.15) is 16.7 Å². The molecule has 94 valence electrons. The highest BCUT2D eigenvalue weighted by Gasteiger charge is 2.23. The standard InChI is InChI=1S/C11H9ClN2O4/c1-2-18-9(15)5-7-3-4-8(6-13)11(10(7)12)14(16)17/h3-4H,2,5H2,1H3. The third-order valence-electron chi connectivity index (χ3n) is 2.14. The molecule has 0 amide bonds. The lowest BCUT2D eigenvalue weighted by Crippen LogP contribution is -2.08. The fourth-order valence-corrected chi connectivity index (χ4v) is 1.68. The van der Waals surface area contributed by atoms with Crippen LogP contribution in [-0.4, -0.2) is 17.5 Å². The zero-order chi connectivity index (χ0) is 13.7. The van der Waals surface area contributed by atoms with Crippen molar-refractivity contribution in [1.29, 1.82) is 5.26 Å². The lowest BCUT2D eigenvalue weighted by atomic mass is 10.1. The zero-order valence-corrected chi connectivity index (χ0v) is 10.2. The van der Waals surface area contributed by atoms with Crippen molar-refractivity contribution in [3.8, 4) is 6.07 Å². The summed E-state index contributed by atoms with van der Waals surface area (Å²) in [6.07, 6.45) is -0.167. The van der Waals surface area contributed by atoms with Gasteiger partial charge < -0.3 is 4.74 Å². The van der Waals surface area contributed by atoms with Gasteiger partial charge in [-0.25, -0.2) is 0 Å². The zero-order valence-electron chi connectivity index (χ0n) is 9.47. The maximum Gasteiger partial charge on any atom is 0.310 e. The molecule has 1 aromatic rings. The molecule has 1 rings (SSSR count). The third-order valence-corrected chi connectivity index (χ3v) is 2.56. The van der Waals surface area contributed by atoms with E-state index in [1.54, 1.807) is 13.0 Å². The first-order valence-corrected chi connectivity index (χ1v) is 5.40. The van der Waals surface area contributed by atoms with Crippen molar-refractivity contribution in [2.24, 2.45) is 0 Å². The Balaban J connectivity index is 3.17. The first kappa shape index (κ1) is 13.9. The molecule has 7 heteroatoms. The van der Waals surface area contributed by atoms with Crippen molar-refractivity contribution in [3.05, 3.63) is 38.4 Å². The normalized spacial score (nSPS) is 9.61. The highest BCUT2D eigenvalue weighted by Crippen LogP contribution is 2.31. The largest absolute Gasteiger partial charge is 0.466 e. The van der Waals surface area contributed by atoms with E-state index in [-0.39, 0.29) is 29.2 Å². The molecule has 6 nitrogen and oxygen atoms in total. The molecular weight excluding hydrogens is 260 g/mol. The fraction of sp³-hybridized carbons (Fsp3) is 0.273. The summed E-state index contributed by atoms with van der Waals surface area (Å²) >= 11 is 5.83. The molecule has 0 saturated carbocycles. The van der Waals surface area contributed by atoms with Crippen molar-refractivity contribution in [2.45, 2.75) is 13.3 Å². The van der Waals surface area contributed by atoms with Gasteiger partial charge >= 0.3 is 11.7 Å². The van der Waals surface area contributed by atoms with Crippen molar-refractivity contribution in [3.63, 3.8) is 0 Å². The van der Waals surface area contributed by atoms with Crippen molar-refractivity contribution in [1.82, 2.24) is 0 Å². The summed E-state index contributed by atoms with van der Waals surface area (Å²) in [5.41, 5.74) is -0.362. The molecule has 0 aromatic heterocycles. The summed E-state index contributed by atoms with van der Waals surface area (Å²) in [5.74, 6) is -0.529. The Hall–Kier alpha value is -2.13. The minimum absolute atomic E-state index is 0.141. The summed E-state index contributed by atoms with van der Waals surface area (Å²) < 4.78 is 4.73. The lowest BCUT2D eigenvalue weighted by molar-refractivity contribution is -0.385. The molecule has 0 radical (unpaired) electrons. The molecule has 0 aliphatic rings. The highest BCUT2D eigenvalue weighted by atomic mass is 35.5. The summed E-state index contributed by atoms with van der Waals surface area (Å²) in [7, 11) is 0. The number of carbonyl (C=O) groups excluding carboxylic acids is 1. The maximum atomic E-state index is 11.3. The SMILES string of the molecule is CCOC(=O)Cc1ccc(C#N)c([N+](=O)[O-])c1Cl. The van der Waals surface area contributed by atoms with Gasteiger partial charge in [0.2, 0.25) is 0 Å². The number of ether oxygens (including phenoxy) is 1. The number of nitro benzene ring substituents is 1. The van der Waals surface area contributed by atoms with Crippen LogP contribution in [-0.2, 0) is 16.0 Å². The Labute approximate surface area is 108 Å². The molecule has 0 saturated heterocycles. The smallest absolute Gasteiger partial charge is 0.310 e. The van der Waals surface area contributed by atoms with Crippen molar-refractivity contribution < 1.29 is 14.5 Å². The molecule has 1 aromatic carbocycles. The number of hydrogen-bond acceptors (Lipinski definition) is 5. The molecular formula is C11H9ClN2O4. The summed E-state index contributed by atoms with van der Waals surface area (Å²) in [5, 5.41) is 19.4. The monoisotopic (exact) mass is 268 g/mol. The number of nitriles is 1. The van der Waals surface area contributed by atoms with Crippen LogP contribution in [0.1, 0.15) is 18.1 Å². The second-order valence-electron chi connectivity index (χ2n) is 3.29. The predicted molar refractivity (Wildman–Crippen MR) is 63.2 cm³/mol. The van der Waals surface area contributed by atoms with Gasteiger partial charge in [-0.15, -0.1) is 0 Å². The molecule has 0 heterocycles. The highest BCUT2D eigenvalue weighted by molar-refractivity contribution is 6.33. The van der Waals surface area contributed by atoms with Gasteiger partial charge in [0.15, 0.2) is 0 Å². The molecule has 0 fully saturated rings. The van der Waals surface area contributed by atoms with Gasteiger partial charge in [0.05, 0.1) is 18.0 Å². The number of nitro groups is 1. The lowest BCUT2D eigenvalue weighted by Gasteiger charge is -2.05. The van der Waals surface area contributed by atoms with Gasteiger partial charge in [-0.2, -0.15) is 5.26 Å². The summed E-state index contributed by atoms with van der Waals surface area (Å²) in [4.78, 5) is 21.4. The number of hydrogen-bond donors (Lipinski definition) is 0. The van der Waals surface area contributed by atoms with Gasteiger partial charge in [-0.1, -0.05) is 17.7 Å². The van der Waals surface area contributed by atoms with Crippen LogP contribution in [0.25, 0.3) is 0 Å². The Bertz CT molecular complexity index is 537. The molecule has 0 N–H and O–H groups in total. The van der Waals surface area contributed by atoms with Crippen LogP contribution < -0.4 is 0 Å². The Morgan fingerprint density at radius 2 is 2.28 bits per heavy atom. The average molecular weight is 269 g/mol. The molecule has 0 atom stereocenters. The second kappa shape index (κ2) is 5.98. The van der Waals surface area contributed by atoms with Crippen LogP contribution >= 0.6 is 11.6 Å². The number of halogens is 1. The molecule has 18 heavy (non-hydrogen) atoms.